The molecule has 0 fully saturated rings. The van der Waals surface area contributed by atoms with Crippen molar-refractivity contribution >= 4 is 10.1 Å². The van der Waals surface area contributed by atoms with E-state index in [1.807, 2.05) is 31.2 Å². The predicted molar refractivity (Wildman–Crippen MR) is 62.3 cm³/mol. The Morgan fingerprint density at radius 2 is 2.12 bits per heavy atom. The Hall–Kier alpha value is -1.07. The fourth-order valence-electron chi connectivity index (χ4n) is 1.35. The lowest BCUT2D eigenvalue weighted by atomic mass is 10.2. The van der Waals surface area contributed by atoms with E-state index in [9.17, 15) is 8.42 Å². The number of aryl methyl sites for hydroxylation is 1. The second kappa shape index (κ2) is 5.32. The molecule has 1 rings (SSSR count). The molecule has 1 N–H and O–H groups in total. The summed E-state index contributed by atoms with van der Waals surface area (Å²) in [4.78, 5) is 0. The van der Waals surface area contributed by atoms with Crippen LogP contribution in [0.1, 0.15) is 12.5 Å². The van der Waals surface area contributed by atoms with Gasteiger partial charge in [-0.3, -0.25) is 4.55 Å². The Morgan fingerprint density at radius 1 is 1.44 bits per heavy atom. The van der Waals surface area contributed by atoms with E-state index < -0.39 is 10.1 Å². The molecule has 1 aromatic rings. The van der Waals surface area contributed by atoms with Crippen LogP contribution in [-0.2, 0) is 10.1 Å². The van der Waals surface area contributed by atoms with Crippen molar-refractivity contribution in [3.05, 3.63) is 29.8 Å². The van der Waals surface area contributed by atoms with Crippen LogP contribution in [0.3, 0.4) is 0 Å². The van der Waals surface area contributed by atoms with Crippen LogP contribution in [0.4, 0.5) is 0 Å². The number of benzene rings is 1. The summed E-state index contributed by atoms with van der Waals surface area (Å²) >= 11 is 0. The average Bonchev–Trinajstić information content (AvgIpc) is 2.12. The van der Waals surface area contributed by atoms with Crippen molar-refractivity contribution < 1.29 is 17.7 Å². The Kier molecular flexibility index (Phi) is 4.32. The van der Waals surface area contributed by atoms with E-state index in [1.165, 1.54) is 0 Å². The Balaban J connectivity index is 2.46. The van der Waals surface area contributed by atoms with Gasteiger partial charge in [-0.2, -0.15) is 8.42 Å². The molecule has 5 heteroatoms. The molecule has 16 heavy (non-hydrogen) atoms. The van der Waals surface area contributed by atoms with Gasteiger partial charge in [0.15, 0.2) is 0 Å². The van der Waals surface area contributed by atoms with Crippen molar-refractivity contribution in [1.29, 1.82) is 0 Å². The highest BCUT2D eigenvalue weighted by Crippen LogP contribution is 2.13. The molecule has 0 aliphatic rings. The van der Waals surface area contributed by atoms with Gasteiger partial charge in [-0.15, -0.1) is 0 Å². The second-order valence-corrected chi connectivity index (χ2v) is 5.48. The maximum Gasteiger partial charge on any atom is 0.265 e. The van der Waals surface area contributed by atoms with E-state index in [-0.39, 0.29) is 18.3 Å². The smallest absolute Gasteiger partial charge is 0.265 e. The SMILES string of the molecule is Cc1cccc(OCC(C)CS(=O)(=O)O)c1. The van der Waals surface area contributed by atoms with Gasteiger partial charge in [-0.25, -0.2) is 0 Å². The Bertz CT molecular complexity index is 439. The fourth-order valence-corrected chi connectivity index (χ4v) is 2.17. The molecule has 90 valence electrons. The standard InChI is InChI=1S/C11H16O4S/c1-9-4-3-5-11(6-9)15-7-10(2)8-16(12,13)14/h3-6,10H,7-8H2,1-2H3,(H,12,13,14). The highest BCUT2D eigenvalue weighted by atomic mass is 32.2. The van der Waals surface area contributed by atoms with Crippen molar-refractivity contribution in [3.63, 3.8) is 0 Å². The molecule has 0 bridgehead atoms. The minimum atomic E-state index is -3.92. The molecule has 0 aliphatic carbocycles. The van der Waals surface area contributed by atoms with Crippen LogP contribution < -0.4 is 4.74 Å². The van der Waals surface area contributed by atoms with Gasteiger partial charge in [0.1, 0.15) is 5.75 Å². The van der Waals surface area contributed by atoms with Gasteiger partial charge in [0, 0.05) is 5.92 Å². The van der Waals surface area contributed by atoms with Crippen LogP contribution in [0.25, 0.3) is 0 Å². The van der Waals surface area contributed by atoms with E-state index in [4.69, 9.17) is 9.29 Å². The molecule has 0 saturated heterocycles. The van der Waals surface area contributed by atoms with Gasteiger partial charge in [0.25, 0.3) is 10.1 Å². The minimum Gasteiger partial charge on any atom is -0.493 e. The molecule has 0 amide bonds. The normalized spacial score (nSPS) is 13.4. The quantitative estimate of drug-likeness (QED) is 0.803. The second-order valence-electron chi connectivity index (χ2n) is 3.98. The zero-order chi connectivity index (χ0) is 12.2. The predicted octanol–water partition coefficient (Wildman–Crippen LogP) is 1.90. The van der Waals surface area contributed by atoms with E-state index in [1.54, 1.807) is 6.92 Å². The van der Waals surface area contributed by atoms with Crippen molar-refractivity contribution in [2.24, 2.45) is 5.92 Å². The maximum absolute atomic E-state index is 10.6. The Labute approximate surface area is 96.0 Å². The lowest BCUT2D eigenvalue weighted by molar-refractivity contribution is 0.269. The third kappa shape index (κ3) is 5.14. The first kappa shape index (κ1) is 13.0. The highest BCUT2D eigenvalue weighted by Gasteiger charge is 2.12. The Morgan fingerprint density at radius 3 is 2.69 bits per heavy atom. The first-order chi connectivity index (χ1) is 7.37. The van der Waals surface area contributed by atoms with Gasteiger partial charge < -0.3 is 4.74 Å². The van der Waals surface area contributed by atoms with Crippen LogP contribution in [0, 0.1) is 12.8 Å². The summed E-state index contributed by atoms with van der Waals surface area (Å²) in [5.41, 5.74) is 1.08. The number of hydrogen-bond acceptors (Lipinski definition) is 3. The number of hydrogen-bond donors (Lipinski definition) is 1. The molecular formula is C11H16O4S. The first-order valence-electron chi connectivity index (χ1n) is 5.01. The molecule has 0 heterocycles. The molecular weight excluding hydrogens is 228 g/mol. The van der Waals surface area contributed by atoms with Gasteiger partial charge >= 0.3 is 0 Å². The molecule has 0 spiro atoms. The maximum atomic E-state index is 10.6. The topological polar surface area (TPSA) is 63.6 Å². The monoisotopic (exact) mass is 244 g/mol. The summed E-state index contributed by atoms with van der Waals surface area (Å²) in [6.45, 7) is 3.93. The van der Waals surface area contributed by atoms with Gasteiger partial charge in [0.05, 0.1) is 12.4 Å². The van der Waals surface area contributed by atoms with Crippen molar-refractivity contribution in [3.8, 4) is 5.75 Å². The zero-order valence-corrected chi connectivity index (χ0v) is 10.2. The van der Waals surface area contributed by atoms with Gasteiger partial charge in [-0.1, -0.05) is 19.1 Å². The van der Waals surface area contributed by atoms with Crippen molar-refractivity contribution in [2.45, 2.75) is 13.8 Å². The zero-order valence-electron chi connectivity index (χ0n) is 9.38. The summed E-state index contributed by atoms with van der Waals surface area (Å²) in [5.74, 6) is 0.191. The average molecular weight is 244 g/mol. The summed E-state index contributed by atoms with van der Waals surface area (Å²) in [7, 11) is -3.92. The van der Waals surface area contributed by atoms with E-state index >= 15 is 0 Å². The molecule has 1 aromatic carbocycles. The van der Waals surface area contributed by atoms with Crippen LogP contribution in [0.2, 0.25) is 0 Å². The lowest BCUT2D eigenvalue weighted by Crippen LogP contribution is -2.18. The van der Waals surface area contributed by atoms with Crippen molar-refractivity contribution in [1.82, 2.24) is 0 Å². The molecule has 0 radical (unpaired) electrons. The molecule has 0 aromatic heterocycles. The van der Waals surface area contributed by atoms with E-state index in [2.05, 4.69) is 0 Å². The van der Waals surface area contributed by atoms with Crippen LogP contribution in [0.15, 0.2) is 24.3 Å². The molecule has 0 aliphatic heterocycles. The number of rotatable bonds is 5. The van der Waals surface area contributed by atoms with Crippen LogP contribution >= 0.6 is 0 Å². The van der Waals surface area contributed by atoms with E-state index in [0.29, 0.717) is 5.75 Å². The van der Waals surface area contributed by atoms with Crippen molar-refractivity contribution in [2.75, 3.05) is 12.4 Å². The summed E-state index contributed by atoms with van der Waals surface area (Å²) in [6.07, 6.45) is 0. The molecule has 1 atom stereocenters. The molecule has 4 nitrogen and oxygen atoms in total. The highest BCUT2D eigenvalue weighted by molar-refractivity contribution is 7.85. The summed E-state index contributed by atoms with van der Waals surface area (Å²) in [6, 6.07) is 7.51. The third-order valence-electron chi connectivity index (χ3n) is 2.02. The van der Waals surface area contributed by atoms with Gasteiger partial charge in [0.2, 0.25) is 0 Å². The summed E-state index contributed by atoms with van der Waals surface area (Å²) < 4.78 is 35.3. The van der Waals surface area contributed by atoms with Crippen LogP contribution in [0.5, 0.6) is 5.75 Å². The number of ether oxygens (including phenoxy) is 1. The van der Waals surface area contributed by atoms with Crippen LogP contribution in [-0.4, -0.2) is 25.3 Å². The molecule has 0 saturated carbocycles. The fraction of sp³-hybridized carbons (Fsp3) is 0.455. The third-order valence-corrected chi connectivity index (χ3v) is 3.01. The van der Waals surface area contributed by atoms with E-state index in [0.717, 1.165) is 5.56 Å². The largest absolute Gasteiger partial charge is 0.493 e. The summed E-state index contributed by atoms with van der Waals surface area (Å²) in [5, 5.41) is 0. The molecule has 1 unspecified atom stereocenters. The minimum absolute atomic E-state index is 0.240. The lowest BCUT2D eigenvalue weighted by Gasteiger charge is -2.11. The first-order valence-corrected chi connectivity index (χ1v) is 6.62. The van der Waals surface area contributed by atoms with Gasteiger partial charge in [-0.05, 0) is 24.6 Å².